The number of carbonyl (C=O) groups is 1. The van der Waals surface area contributed by atoms with Crippen LogP contribution in [0.25, 0.3) is 0 Å². The first kappa shape index (κ1) is 13.2. The van der Waals surface area contributed by atoms with Crippen LogP contribution in [-0.4, -0.2) is 28.5 Å². The first-order chi connectivity index (χ1) is 6.05. The van der Waals surface area contributed by atoms with E-state index in [1.165, 1.54) is 13.8 Å². The number of hydrogen-bond donors (Lipinski definition) is 2. The molecule has 0 aliphatic carbocycles. The van der Waals surface area contributed by atoms with Gasteiger partial charge in [0.1, 0.15) is 0 Å². The van der Waals surface area contributed by atoms with Crippen molar-refractivity contribution < 1.29 is 28.2 Å². The van der Waals surface area contributed by atoms with Gasteiger partial charge in [0.15, 0.2) is 5.41 Å². The van der Waals surface area contributed by atoms with Crippen molar-refractivity contribution in [2.24, 2.45) is 11.3 Å². The van der Waals surface area contributed by atoms with Crippen LogP contribution in [0.15, 0.2) is 0 Å². The molecular formula is C8H13F3O3. The van der Waals surface area contributed by atoms with Crippen LogP contribution < -0.4 is 0 Å². The lowest BCUT2D eigenvalue weighted by atomic mass is 9.78. The standard InChI is InChI=1S/C8H13F3O3/c1-4(2)5(12)7(3,6(13)14)8(9,10)11/h4-5,12H,1-3H3,(H,13,14). The van der Waals surface area contributed by atoms with Gasteiger partial charge in [-0.2, -0.15) is 13.2 Å². The maximum absolute atomic E-state index is 12.4. The smallest absolute Gasteiger partial charge is 0.407 e. The van der Waals surface area contributed by atoms with Crippen molar-refractivity contribution in [2.45, 2.75) is 33.1 Å². The van der Waals surface area contributed by atoms with Gasteiger partial charge in [0.2, 0.25) is 0 Å². The zero-order valence-corrected chi connectivity index (χ0v) is 8.09. The molecule has 0 aromatic rings. The molecule has 3 nitrogen and oxygen atoms in total. The van der Waals surface area contributed by atoms with Gasteiger partial charge in [0.25, 0.3) is 0 Å². The van der Waals surface area contributed by atoms with E-state index in [4.69, 9.17) is 5.11 Å². The van der Waals surface area contributed by atoms with Gasteiger partial charge in [-0.15, -0.1) is 0 Å². The number of carboxylic acids is 1. The molecule has 0 amide bonds. The van der Waals surface area contributed by atoms with E-state index < -0.39 is 29.6 Å². The molecule has 6 heteroatoms. The lowest BCUT2D eigenvalue weighted by Crippen LogP contribution is -2.53. The summed E-state index contributed by atoms with van der Waals surface area (Å²) in [6.45, 7) is 3.15. The van der Waals surface area contributed by atoms with Crippen LogP contribution in [0.2, 0.25) is 0 Å². The second kappa shape index (κ2) is 3.76. The minimum atomic E-state index is -4.97. The van der Waals surface area contributed by atoms with E-state index in [9.17, 15) is 23.1 Å². The van der Waals surface area contributed by atoms with Gasteiger partial charge in [0, 0.05) is 0 Å². The number of aliphatic hydroxyl groups is 1. The number of rotatable bonds is 3. The Hall–Kier alpha value is -0.780. The molecule has 0 rings (SSSR count). The minimum absolute atomic E-state index is 0.486. The van der Waals surface area contributed by atoms with Gasteiger partial charge in [-0.1, -0.05) is 13.8 Å². The van der Waals surface area contributed by atoms with Gasteiger partial charge >= 0.3 is 12.1 Å². The summed E-state index contributed by atoms with van der Waals surface area (Å²) < 4.78 is 37.3. The van der Waals surface area contributed by atoms with Crippen molar-refractivity contribution in [3.63, 3.8) is 0 Å². The molecule has 0 aliphatic rings. The summed E-state index contributed by atoms with van der Waals surface area (Å²) in [5.41, 5.74) is -3.11. The highest BCUT2D eigenvalue weighted by Gasteiger charge is 2.62. The molecule has 0 heterocycles. The Morgan fingerprint density at radius 3 is 1.71 bits per heavy atom. The summed E-state index contributed by atoms with van der Waals surface area (Å²) in [4.78, 5) is 10.5. The quantitative estimate of drug-likeness (QED) is 0.751. The molecule has 14 heavy (non-hydrogen) atoms. The molecule has 0 fully saturated rings. The summed E-state index contributed by atoms with van der Waals surface area (Å²) in [6, 6.07) is 0. The maximum Gasteiger partial charge on any atom is 0.407 e. The summed E-state index contributed by atoms with van der Waals surface area (Å²) in [7, 11) is 0. The second-order valence-corrected chi connectivity index (χ2v) is 3.69. The number of halogens is 3. The predicted molar refractivity (Wildman–Crippen MR) is 42.6 cm³/mol. The third-order valence-corrected chi connectivity index (χ3v) is 2.26. The average Bonchev–Trinajstić information content (AvgIpc) is 1.98. The lowest BCUT2D eigenvalue weighted by Gasteiger charge is -2.34. The van der Waals surface area contributed by atoms with Crippen LogP contribution in [-0.2, 0) is 4.79 Å². The monoisotopic (exact) mass is 214 g/mol. The molecule has 0 saturated carbocycles. The Bertz CT molecular complexity index is 224. The summed E-state index contributed by atoms with van der Waals surface area (Å²) in [6.07, 6.45) is -6.93. The molecule has 0 spiro atoms. The van der Waals surface area contributed by atoms with E-state index in [-0.39, 0.29) is 0 Å². The SMILES string of the molecule is CC(C)C(O)C(C)(C(=O)O)C(F)(F)F. The van der Waals surface area contributed by atoms with Crippen LogP contribution >= 0.6 is 0 Å². The largest absolute Gasteiger partial charge is 0.481 e. The normalized spacial score (nSPS) is 19.1. The summed E-state index contributed by atoms with van der Waals surface area (Å²) in [5, 5.41) is 17.8. The Morgan fingerprint density at radius 1 is 1.29 bits per heavy atom. The maximum atomic E-state index is 12.4. The Morgan fingerprint density at radius 2 is 1.64 bits per heavy atom. The number of hydrogen-bond acceptors (Lipinski definition) is 2. The molecule has 0 saturated heterocycles. The highest BCUT2D eigenvalue weighted by Crippen LogP contribution is 2.43. The van der Waals surface area contributed by atoms with Crippen molar-refractivity contribution in [1.29, 1.82) is 0 Å². The molecule has 0 radical (unpaired) electrons. The van der Waals surface area contributed by atoms with Crippen LogP contribution in [0.1, 0.15) is 20.8 Å². The highest BCUT2D eigenvalue weighted by molar-refractivity contribution is 5.76. The van der Waals surface area contributed by atoms with Crippen molar-refractivity contribution in [2.75, 3.05) is 0 Å². The Balaban J connectivity index is 5.22. The molecule has 2 N–H and O–H groups in total. The van der Waals surface area contributed by atoms with Crippen molar-refractivity contribution in [3.05, 3.63) is 0 Å². The van der Waals surface area contributed by atoms with E-state index in [1.54, 1.807) is 0 Å². The van der Waals surface area contributed by atoms with Crippen LogP contribution in [0, 0.1) is 11.3 Å². The fourth-order valence-electron chi connectivity index (χ4n) is 1.08. The van der Waals surface area contributed by atoms with Crippen LogP contribution in [0.4, 0.5) is 13.2 Å². The second-order valence-electron chi connectivity index (χ2n) is 3.69. The van der Waals surface area contributed by atoms with E-state index in [0.29, 0.717) is 6.92 Å². The predicted octanol–water partition coefficient (Wildman–Crippen LogP) is 1.66. The summed E-state index contributed by atoms with van der Waals surface area (Å²) >= 11 is 0. The number of alkyl halides is 3. The molecule has 0 bridgehead atoms. The molecule has 2 unspecified atom stereocenters. The fraction of sp³-hybridized carbons (Fsp3) is 0.875. The van der Waals surface area contributed by atoms with Crippen molar-refractivity contribution in [3.8, 4) is 0 Å². The number of aliphatic hydroxyl groups excluding tert-OH is 1. The van der Waals surface area contributed by atoms with Gasteiger partial charge in [0.05, 0.1) is 6.10 Å². The molecule has 0 aromatic carbocycles. The third-order valence-electron chi connectivity index (χ3n) is 2.26. The fourth-order valence-corrected chi connectivity index (χ4v) is 1.08. The van der Waals surface area contributed by atoms with Crippen LogP contribution in [0.3, 0.4) is 0 Å². The first-order valence-electron chi connectivity index (χ1n) is 4.03. The van der Waals surface area contributed by atoms with Gasteiger partial charge < -0.3 is 10.2 Å². The molecule has 0 aromatic heterocycles. The first-order valence-corrected chi connectivity index (χ1v) is 4.03. The molecule has 2 atom stereocenters. The van der Waals surface area contributed by atoms with Crippen molar-refractivity contribution >= 4 is 5.97 Å². The van der Waals surface area contributed by atoms with Gasteiger partial charge in [-0.25, -0.2) is 0 Å². The van der Waals surface area contributed by atoms with E-state index >= 15 is 0 Å². The van der Waals surface area contributed by atoms with Gasteiger partial charge in [-0.3, -0.25) is 4.79 Å². The van der Waals surface area contributed by atoms with Crippen molar-refractivity contribution in [1.82, 2.24) is 0 Å². The molecular weight excluding hydrogens is 201 g/mol. The Kier molecular flexibility index (Phi) is 3.55. The lowest BCUT2D eigenvalue weighted by molar-refractivity contribution is -0.255. The Labute approximate surface area is 79.5 Å². The summed E-state index contributed by atoms with van der Waals surface area (Å²) in [5.74, 6) is -2.84. The number of carboxylic acid groups (broad SMARTS) is 1. The zero-order valence-electron chi connectivity index (χ0n) is 8.09. The molecule has 84 valence electrons. The third kappa shape index (κ3) is 2.00. The molecule has 0 aliphatic heterocycles. The minimum Gasteiger partial charge on any atom is -0.481 e. The highest BCUT2D eigenvalue weighted by atomic mass is 19.4. The van der Waals surface area contributed by atoms with E-state index in [0.717, 1.165) is 0 Å². The van der Waals surface area contributed by atoms with Crippen LogP contribution in [0.5, 0.6) is 0 Å². The topological polar surface area (TPSA) is 57.5 Å². The van der Waals surface area contributed by atoms with E-state index in [2.05, 4.69) is 0 Å². The number of aliphatic carboxylic acids is 1. The van der Waals surface area contributed by atoms with E-state index in [1.807, 2.05) is 0 Å². The zero-order chi connectivity index (χ0) is 11.7. The average molecular weight is 214 g/mol. The van der Waals surface area contributed by atoms with Gasteiger partial charge in [-0.05, 0) is 12.8 Å².